The number of carbonyl (C=O) groups is 2. The van der Waals surface area contributed by atoms with Crippen molar-refractivity contribution in [3.05, 3.63) is 29.8 Å². The smallest absolute Gasteiger partial charge is 0.326 e. The molecule has 2 N–H and O–H groups in total. The molecule has 2 aliphatic heterocycles. The van der Waals surface area contributed by atoms with Crippen LogP contribution in [0.5, 0.6) is 0 Å². The summed E-state index contributed by atoms with van der Waals surface area (Å²) in [6.07, 6.45) is 2.95. The van der Waals surface area contributed by atoms with Crippen molar-refractivity contribution in [3.63, 3.8) is 0 Å². The highest BCUT2D eigenvalue weighted by atomic mass is 16.4. The quantitative estimate of drug-likeness (QED) is 0.857. The molecule has 0 radical (unpaired) electrons. The predicted molar refractivity (Wildman–Crippen MR) is 74.5 cm³/mol. The number of amides is 1. The Morgan fingerprint density at radius 2 is 2.05 bits per heavy atom. The maximum atomic E-state index is 12.6. The summed E-state index contributed by atoms with van der Waals surface area (Å²) in [7, 11) is 0. The molecule has 1 unspecified atom stereocenters. The third kappa shape index (κ3) is 2.24. The van der Waals surface area contributed by atoms with Crippen molar-refractivity contribution in [3.8, 4) is 0 Å². The van der Waals surface area contributed by atoms with Crippen molar-refractivity contribution in [2.45, 2.75) is 37.8 Å². The molecule has 0 bridgehead atoms. The van der Waals surface area contributed by atoms with Gasteiger partial charge >= 0.3 is 5.97 Å². The van der Waals surface area contributed by atoms with Gasteiger partial charge in [0.1, 0.15) is 12.1 Å². The maximum Gasteiger partial charge on any atom is 0.326 e. The zero-order chi connectivity index (χ0) is 14.1. The molecule has 1 amide bonds. The number of rotatable bonds is 2. The van der Waals surface area contributed by atoms with Crippen molar-refractivity contribution >= 4 is 17.6 Å². The molecule has 1 fully saturated rings. The maximum absolute atomic E-state index is 12.6. The first-order valence-corrected chi connectivity index (χ1v) is 7.04. The van der Waals surface area contributed by atoms with Gasteiger partial charge in [-0.15, -0.1) is 0 Å². The summed E-state index contributed by atoms with van der Waals surface area (Å²) in [5.74, 6) is -0.984. The van der Waals surface area contributed by atoms with Gasteiger partial charge in [-0.1, -0.05) is 18.2 Å². The number of carboxylic acid groups (broad SMARTS) is 1. The molecule has 0 saturated carbocycles. The molecule has 1 aromatic carbocycles. The zero-order valence-corrected chi connectivity index (χ0v) is 11.2. The molecule has 1 aromatic rings. The Bertz CT molecular complexity index is 519. The Kier molecular flexibility index (Phi) is 3.34. The first kappa shape index (κ1) is 13.0. The number of carbonyl (C=O) groups excluding carboxylic acids is 1. The number of aliphatic carboxylic acids is 1. The summed E-state index contributed by atoms with van der Waals surface area (Å²) >= 11 is 0. The highest BCUT2D eigenvalue weighted by molar-refractivity contribution is 5.90. The Hall–Kier alpha value is -2.04. The van der Waals surface area contributed by atoms with E-state index in [0.717, 1.165) is 24.1 Å². The van der Waals surface area contributed by atoms with Crippen molar-refractivity contribution in [1.82, 2.24) is 4.90 Å². The average molecular weight is 274 g/mol. The molecule has 2 atom stereocenters. The highest BCUT2D eigenvalue weighted by Crippen LogP contribution is 2.27. The number of para-hydroxylation sites is 1. The molecule has 2 heterocycles. The van der Waals surface area contributed by atoms with Crippen LogP contribution in [0.25, 0.3) is 0 Å². The Balaban J connectivity index is 1.75. The van der Waals surface area contributed by atoms with Gasteiger partial charge in [0.05, 0.1) is 0 Å². The number of likely N-dealkylation sites (tertiary alicyclic amines) is 1. The van der Waals surface area contributed by atoms with Crippen LogP contribution in [0, 0.1) is 0 Å². The van der Waals surface area contributed by atoms with E-state index in [-0.39, 0.29) is 11.9 Å². The minimum Gasteiger partial charge on any atom is -0.480 e. The van der Waals surface area contributed by atoms with E-state index in [4.69, 9.17) is 0 Å². The van der Waals surface area contributed by atoms with E-state index in [1.165, 1.54) is 4.90 Å². The second-order valence-electron chi connectivity index (χ2n) is 5.44. The molecule has 2 aliphatic rings. The van der Waals surface area contributed by atoms with Gasteiger partial charge in [0.25, 0.3) is 0 Å². The van der Waals surface area contributed by atoms with Crippen LogP contribution in [0.1, 0.15) is 24.8 Å². The number of hydrogen-bond donors (Lipinski definition) is 2. The number of fused-ring (bicyclic) bond motifs is 1. The lowest BCUT2D eigenvalue weighted by molar-refractivity contribution is -0.152. The van der Waals surface area contributed by atoms with E-state index in [1.54, 1.807) is 0 Å². The van der Waals surface area contributed by atoms with E-state index >= 15 is 0 Å². The summed E-state index contributed by atoms with van der Waals surface area (Å²) in [6.45, 7) is 0.546. The first-order valence-electron chi connectivity index (χ1n) is 7.04. The molecule has 3 rings (SSSR count). The highest BCUT2D eigenvalue weighted by Gasteiger charge is 2.37. The number of piperidine rings is 1. The minimum absolute atomic E-state index is 0.0895. The van der Waals surface area contributed by atoms with Crippen molar-refractivity contribution in [2.75, 3.05) is 11.9 Å². The summed E-state index contributed by atoms with van der Waals surface area (Å²) in [4.78, 5) is 25.4. The van der Waals surface area contributed by atoms with Crippen LogP contribution in [-0.2, 0) is 16.0 Å². The van der Waals surface area contributed by atoms with Crippen LogP contribution in [0.2, 0.25) is 0 Å². The van der Waals surface area contributed by atoms with E-state index in [2.05, 4.69) is 5.32 Å². The lowest BCUT2D eigenvalue weighted by Gasteiger charge is -2.34. The number of hydrogen-bond acceptors (Lipinski definition) is 3. The zero-order valence-electron chi connectivity index (χ0n) is 11.2. The summed E-state index contributed by atoms with van der Waals surface area (Å²) < 4.78 is 0. The molecule has 0 spiro atoms. The van der Waals surface area contributed by atoms with E-state index < -0.39 is 12.0 Å². The fraction of sp³-hybridized carbons (Fsp3) is 0.467. The van der Waals surface area contributed by atoms with Gasteiger partial charge in [-0.05, 0) is 30.9 Å². The first-order chi connectivity index (χ1) is 9.66. The van der Waals surface area contributed by atoms with Gasteiger partial charge in [-0.2, -0.15) is 0 Å². The molecule has 0 aromatic heterocycles. The normalized spacial score (nSPS) is 24.9. The largest absolute Gasteiger partial charge is 0.480 e. The number of nitrogens with zero attached hydrogens (tertiary/aromatic N) is 1. The number of anilines is 1. The van der Waals surface area contributed by atoms with Crippen molar-refractivity contribution < 1.29 is 14.7 Å². The predicted octanol–water partition coefficient (Wildman–Crippen LogP) is 1.49. The summed E-state index contributed by atoms with van der Waals surface area (Å²) in [6, 6.07) is 6.84. The molecule has 5 heteroatoms. The molecular formula is C15H18N2O3. The van der Waals surface area contributed by atoms with E-state index in [9.17, 15) is 14.7 Å². The molecule has 0 aliphatic carbocycles. The third-order valence-corrected chi connectivity index (χ3v) is 4.14. The van der Waals surface area contributed by atoms with Crippen LogP contribution in [0.15, 0.2) is 24.3 Å². The van der Waals surface area contributed by atoms with Crippen LogP contribution in [0.4, 0.5) is 5.69 Å². The molecule has 5 nitrogen and oxygen atoms in total. The Morgan fingerprint density at radius 1 is 1.25 bits per heavy atom. The standard InChI is InChI=1S/C15H18N2O3/c18-14(17-8-4-3-7-13(17)15(19)20)12-9-10-5-1-2-6-11(10)16-12/h1-2,5-6,12-13,16H,3-4,7-9H2,(H,19,20)/t12?,13-/m1/s1. The van der Waals surface area contributed by atoms with E-state index in [1.807, 2.05) is 24.3 Å². The lowest BCUT2D eigenvalue weighted by atomic mass is 10.0. The monoisotopic (exact) mass is 274 g/mol. The number of nitrogens with one attached hydrogen (secondary N) is 1. The van der Waals surface area contributed by atoms with Gasteiger partial charge < -0.3 is 15.3 Å². The Morgan fingerprint density at radius 3 is 2.80 bits per heavy atom. The number of benzene rings is 1. The fourth-order valence-corrected chi connectivity index (χ4v) is 3.10. The summed E-state index contributed by atoms with van der Waals surface area (Å²) in [5.41, 5.74) is 2.10. The second-order valence-corrected chi connectivity index (χ2v) is 5.44. The molecular weight excluding hydrogens is 256 g/mol. The molecule has 106 valence electrons. The van der Waals surface area contributed by atoms with Crippen molar-refractivity contribution in [2.24, 2.45) is 0 Å². The minimum atomic E-state index is -0.895. The van der Waals surface area contributed by atoms with Gasteiger partial charge in [0.15, 0.2) is 0 Å². The van der Waals surface area contributed by atoms with Crippen LogP contribution in [-0.4, -0.2) is 40.5 Å². The third-order valence-electron chi connectivity index (χ3n) is 4.14. The van der Waals surface area contributed by atoms with Crippen LogP contribution < -0.4 is 5.32 Å². The SMILES string of the molecule is O=C(O)[C@H]1CCCCN1C(=O)C1Cc2ccccc2N1. The van der Waals surface area contributed by atoms with Gasteiger partial charge in [0, 0.05) is 18.7 Å². The lowest BCUT2D eigenvalue weighted by Crippen LogP contribution is -2.52. The van der Waals surface area contributed by atoms with Crippen LogP contribution >= 0.6 is 0 Å². The van der Waals surface area contributed by atoms with E-state index in [0.29, 0.717) is 19.4 Å². The van der Waals surface area contributed by atoms with Gasteiger partial charge in [-0.25, -0.2) is 4.79 Å². The molecule has 1 saturated heterocycles. The van der Waals surface area contributed by atoms with Gasteiger partial charge in [0.2, 0.25) is 5.91 Å². The number of carboxylic acids is 1. The second kappa shape index (κ2) is 5.15. The fourth-order valence-electron chi connectivity index (χ4n) is 3.10. The average Bonchev–Trinajstić information content (AvgIpc) is 2.90. The Labute approximate surface area is 117 Å². The molecule has 20 heavy (non-hydrogen) atoms. The van der Waals surface area contributed by atoms with Crippen LogP contribution in [0.3, 0.4) is 0 Å². The van der Waals surface area contributed by atoms with Crippen molar-refractivity contribution in [1.29, 1.82) is 0 Å². The van der Waals surface area contributed by atoms with Gasteiger partial charge in [-0.3, -0.25) is 4.79 Å². The summed E-state index contributed by atoms with van der Waals surface area (Å²) in [5, 5.41) is 12.5. The topological polar surface area (TPSA) is 69.6 Å².